The van der Waals surface area contributed by atoms with Gasteiger partial charge in [0, 0.05) is 19.3 Å². The maximum absolute atomic E-state index is 13.1. The third-order valence-corrected chi connectivity index (χ3v) is 8.24. The zero-order valence-electron chi connectivity index (χ0n) is 17.7. The number of morpholine rings is 1. The van der Waals surface area contributed by atoms with Gasteiger partial charge in [0.15, 0.2) is 21.4 Å². The summed E-state index contributed by atoms with van der Waals surface area (Å²) in [6.07, 6.45) is 1.05. The summed E-state index contributed by atoms with van der Waals surface area (Å²) in [5.74, 6) is 0.209. The summed E-state index contributed by atoms with van der Waals surface area (Å²) < 4.78 is 35.4. The van der Waals surface area contributed by atoms with E-state index in [9.17, 15) is 18.3 Å². The van der Waals surface area contributed by atoms with Crippen molar-refractivity contribution in [3.05, 3.63) is 11.5 Å². The van der Waals surface area contributed by atoms with E-state index in [1.807, 2.05) is 11.8 Å². The van der Waals surface area contributed by atoms with Crippen LogP contribution < -0.4 is 9.64 Å². The van der Waals surface area contributed by atoms with Crippen molar-refractivity contribution in [3.63, 3.8) is 0 Å². The number of amides is 1. The van der Waals surface area contributed by atoms with Crippen molar-refractivity contribution in [3.8, 4) is 5.75 Å². The number of sulfone groups is 1. The molecule has 0 unspecified atom stereocenters. The van der Waals surface area contributed by atoms with Gasteiger partial charge in [-0.2, -0.15) is 0 Å². The van der Waals surface area contributed by atoms with E-state index in [1.54, 1.807) is 13.8 Å². The predicted octanol–water partition coefficient (Wildman–Crippen LogP) is -0.0508. The third-order valence-electron chi connectivity index (χ3n) is 6.19. The average molecular weight is 441 g/mol. The van der Waals surface area contributed by atoms with Gasteiger partial charge in [-0.05, 0) is 27.2 Å². The Labute approximate surface area is 176 Å². The number of fused-ring (bicyclic) bond motifs is 3. The molecule has 0 aromatic carbocycles. The van der Waals surface area contributed by atoms with E-state index < -0.39 is 26.6 Å². The predicted molar refractivity (Wildman–Crippen MR) is 108 cm³/mol. The van der Waals surface area contributed by atoms with Crippen LogP contribution in [0, 0.1) is 0 Å². The van der Waals surface area contributed by atoms with Gasteiger partial charge < -0.3 is 24.4 Å². The monoisotopic (exact) mass is 440 g/mol. The minimum atomic E-state index is -3.58. The number of carbonyl (C=O) groups excluding carboxylic acids is 1. The van der Waals surface area contributed by atoms with Crippen molar-refractivity contribution in [2.24, 2.45) is 0 Å². The molecule has 30 heavy (non-hydrogen) atoms. The topological polar surface area (TPSA) is 122 Å². The molecule has 0 radical (unpaired) electrons. The minimum absolute atomic E-state index is 0.0212. The van der Waals surface area contributed by atoms with Crippen LogP contribution >= 0.6 is 0 Å². The lowest BCUT2D eigenvalue weighted by Crippen LogP contribution is -2.56. The van der Waals surface area contributed by atoms with E-state index in [0.717, 1.165) is 6.26 Å². The van der Waals surface area contributed by atoms with Crippen LogP contribution in [0.2, 0.25) is 0 Å². The summed E-state index contributed by atoms with van der Waals surface area (Å²) in [7, 11) is -3.58. The molecular formula is C19H28N4O6S. The fourth-order valence-electron chi connectivity index (χ4n) is 4.08. The molecule has 4 heterocycles. The Bertz CT molecular complexity index is 966. The zero-order chi connectivity index (χ0) is 21.8. The van der Waals surface area contributed by atoms with Crippen molar-refractivity contribution in [1.82, 2.24) is 14.9 Å². The van der Waals surface area contributed by atoms with Crippen LogP contribution in [0.15, 0.2) is 0 Å². The molecule has 4 rings (SSSR count). The molecule has 0 aliphatic carbocycles. The second-order valence-corrected chi connectivity index (χ2v) is 11.3. The van der Waals surface area contributed by atoms with Gasteiger partial charge >= 0.3 is 0 Å². The van der Waals surface area contributed by atoms with Gasteiger partial charge in [-0.3, -0.25) is 4.79 Å². The van der Waals surface area contributed by atoms with Crippen LogP contribution in [0.1, 0.15) is 43.5 Å². The second-order valence-electron chi connectivity index (χ2n) is 8.78. The Morgan fingerprint density at radius 2 is 1.97 bits per heavy atom. The van der Waals surface area contributed by atoms with Crippen LogP contribution in [0.5, 0.6) is 5.75 Å². The lowest BCUT2D eigenvalue weighted by molar-refractivity contribution is 0.0480. The molecule has 3 atom stereocenters. The largest absolute Gasteiger partial charge is 0.486 e. The first-order valence-corrected chi connectivity index (χ1v) is 12.0. The summed E-state index contributed by atoms with van der Waals surface area (Å²) in [4.78, 5) is 25.6. The van der Waals surface area contributed by atoms with Gasteiger partial charge in [-0.15, -0.1) is 0 Å². The molecule has 1 amide bonds. The Morgan fingerprint density at radius 1 is 1.23 bits per heavy atom. The number of nitrogens with zero attached hydrogens (tertiary/aromatic N) is 4. The molecule has 1 aromatic heterocycles. The molecular weight excluding hydrogens is 412 g/mol. The molecule has 2 fully saturated rings. The van der Waals surface area contributed by atoms with Crippen LogP contribution in [0.3, 0.4) is 0 Å². The normalized spacial score (nSPS) is 26.8. The van der Waals surface area contributed by atoms with Gasteiger partial charge in [0.05, 0.1) is 31.4 Å². The van der Waals surface area contributed by atoms with Gasteiger partial charge in [0.25, 0.3) is 5.91 Å². The zero-order valence-corrected chi connectivity index (χ0v) is 18.5. The molecule has 0 saturated carbocycles. The van der Waals surface area contributed by atoms with Crippen LogP contribution in [0.4, 0.5) is 5.82 Å². The summed E-state index contributed by atoms with van der Waals surface area (Å²) in [6.45, 7) is 6.97. The number of carbonyl (C=O) groups is 1. The highest BCUT2D eigenvalue weighted by molar-refractivity contribution is 7.91. The molecule has 3 aliphatic heterocycles. The lowest BCUT2D eigenvalue weighted by Gasteiger charge is -2.45. The summed E-state index contributed by atoms with van der Waals surface area (Å²) >= 11 is 0. The summed E-state index contributed by atoms with van der Waals surface area (Å²) in [5, 5.41) is 9.81. The number of aliphatic hydroxyl groups excluding tert-OH is 1. The van der Waals surface area contributed by atoms with Crippen molar-refractivity contribution < 1.29 is 27.8 Å². The van der Waals surface area contributed by atoms with E-state index in [-0.39, 0.29) is 30.1 Å². The van der Waals surface area contributed by atoms with Gasteiger partial charge in [0.2, 0.25) is 5.82 Å². The number of aliphatic hydroxyl groups is 1. The first kappa shape index (κ1) is 21.3. The highest BCUT2D eigenvalue weighted by atomic mass is 32.2. The highest BCUT2D eigenvalue weighted by Crippen LogP contribution is 2.43. The molecule has 1 N–H and O–H groups in total. The quantitative estimate of drug-likeness (QED) is 0.689. The van der Waals surface area contributed by atoms with E-state index in [2.05, 4.69) is 9.97 Å². The second kappa shape index (κ2) is 7.31. The summed E-state index contributed by atoms with van der Waals surface area (Å²) in [5.41, 5.74) is 0.176. The number of rotatable bonds is 3. The van der Waals surface area contributed by atoms with E-state index in [1.165, 1.54) is 4.90 Å². The fraction of sp³-hybridized carbons (Fsp3) is 0.737. The maximum atomic E-state index is 13.1. The number of likely N-dealkylation sites (tertiary alicyclic amines) is 1. The average Bonchev–Trinajstić information content (AvgIpc) is 3.11. The van der Waals surface area contributed by atoms with Crippen LogP contribution in [0.25, 0.3) is 0 Å². The van der Waals surface area contributed by atoms with Gasteiger partial charge in [-0.25, -0.2) is 18.4 Å². The first-order chi connectivity index (χ1) is 14.0. The number of β-amino-alcohol motifs (C(OH)–C–C–N with tert-alkyl or cyclic N) is 1. The van der Waals surface area contributed by atoms with Crippen LogP contribution in [-0.2, 0) is 19.3 Å². The smallest absolute Gasteiger partial charge is 0.291 e. The number of ether oxygens (including phenoxy) is 2. The molecule has 0 spiro atoms. The molecule has 3 aliphatic rings. The molecule has 2 saturated heterocycles. The first-order valence-electron chi connectivity index (χ1n) is 10.1. The Hall–Kier alpha value is -1.98. The Morgan fingerprint density at radius 3 is 2.60 bits per heavy atom. The van der Waals surface area contributed by atoms with Crippen LogP contribution in [-0.4, -0.2) is 91.7 Å². The van der Waals surface area contributed by atoms with E-state index >= 15 is 0 Å². The number of hydrogen-bond acceptors (Lipinski definition) is 9. The SMILES string of the molecule is C[C@@H]1COC[C@H]2COc3c(nc(C(=O)N4CC[C@@H](O)C4)nc3C(C)(C)S(C)(=O)=O)N21. The third kappa shape index (κ3) is 3.42. The molecule has 11 heteroatoms. The van der Waals surface area contributed by atoms with Crippen molar-refractivity contribution in [2.75, 3.05) is 44.1 Å². The Kier molecular flexibility index (Phi) is 5.18. The highest BCUT2D eigenvalue weighted by Gasteiger charge is 2.44. The number of aromatic nitrogens is 2. The molecule has 0 bridgehead atoms. The van der Waals surface area contributed by atoms with Crippen molar-refractivity contribution >= 4 is 21.6 Å². The molecule has 166 valence electrons. The number of anilines is 1. The van der Waals surface area contributed by atoms with Crippen molar-refractivity contribution in [1.29, 1.82) is 0 Å². The molecule has 1 aromatic rings. The standard InChI is InChI=1S/C19H28N4O6S/c1-11-8-28-9-12-10-29-14-15(19(2,3)30(4,26)27)20-16(21-17(14)23(11)12)18(25)22-6-5-13(24)7-22/h11-13,24H,5-10H2,1-4H3/t11-,12+,13-/m1/s1. The van der Waals surface area contributed by atoms with Gasteiger partial charge in [0.1, 0.15) is 17.0 Å². The maximum Gasteiger partial charge on any atom is 0.291 e. The van der Waals surface area contributed by atoms with Gasteiger partial charge in [-0.1, -0.05) is 0 Å². The van der Waals surface area contributed by atoms with Crippen molar-refractivity contribution in [2.45, 2.75) is 50.1 Å². The van der Waals surface area contributed by atoms with E-state index in [4.69, 9.17) is 9.47 Å². The number of hydrogen-bond donors (Lipinski definition) is 1. The van der Waals surface area contributed by atoms with E-state index in [0.29, 0.717) is 44.4 Å². The fourth-order valence-corrected chi connectivity index (χ4v) is 4.57. The molecule has 10 nitrogen and oxygen atoms in total. The summed E-state index contributed by atoms with van der Waals surface area (Å²) in [6, 6.07) is -0.103. The lowest BCUT2D eigenvalue weighted by atomic mass is 10.0. The minimum Gasteiger partial charge on any atom is -0.486 e. The Balaban J connectivity index is 1.88.